The largest absolute Gasteiger partial charge is 0.229 e. The molecule has 0 heterocycles. The molecule has 1 aliphatic rings. The van der Waals surface area contributed by atoms with Crippen LogP contribution in [-0.4, -0.2) is 40.6 Å². The molecule has 1 fully saturated rings. The highest BCUT2D eigenvalue weighted by Crippen LogP contribution is 2.41. The molecule has 0 saturated heterocycles. The molecule has 0 bridgehead atoms. The van der Waals surface area contributed by atoms with Gasteiger partial charge in [-0.1, -0.05) is 12.1 Å². The zero-order chi connectivity index (χ0) is 16.4. The number of unbranched alkanes of at least 4 members (excludes halogenated alkanes) is 1. The number of sulfone groups is 1. The Morgan fingerprint density at radius 1 is 1.18 bits per heavy atom. The predicted octanol–water partition coefficient (Wildman–Crippen LogP) is 1.43. The van der Waals surface area contributed by atoms with Crippen LogP contribution in [0.15, 0.2) is 24.3 Å². The maximum absolute atomic E-state index is 13.1. The topological polar surface area (TPSA) is 80.3 Å². The highest BCUT2D eigenvalue weighted by molar-refractivity contribution is 7.90. The molecule has 5 nitrogen and oxygen atoms in total. The van der Waals surface area contributed by atoms with Crippen molar-refractivity contribution in [3.05, 3.63) is 35.6 Å². The summed E-state index contributed by atoms with van der Waals surface area (Å²) >= 11 is 0. The van der Waals surface area contributed by atoms with Gasteiger partial charge in [0, 0.05) is 24.0 Å². The number of benzene rings is 1. The van der Waals surface area contributed by atoms with Crippen LogP contribution < -0.4 is 4.72 Å². The van der Waals surface area contributed by atoms with Crippen LogP contribution in [-0.2, 0) is 19.9 Å². The maximum Gasteiger partial charge on any atom is 0.211 e. The van der Waals surface area contributed by atoms with Crippen molar-refractivity contribution in [2.75, 3.05) is 17.8 Å². The molecule has 1 aromatic rings. The Hall–Kier alpha value is -0.990. The molecule has 0 amide bonds. The number of hydrogen-bond donors (Lipinski definition) is 1. The Bertz CT molecular complexity index is 731. The van der Waals surface area contributed by atoms with Gasteiger partial charge in [-0.25, -0.2) is 25.9 Å². The molecule has 22 heavy (non-hydrogen) atoms. The smallest absolute Gasteiger partial charge is 0.211 e. The average Bonchev–Trinajstić information content (AvgIpc) is 3.12. The predicted molar refractivity (Wildman–Crippen MR) is 83.4 cm³/mol. The lowest BCUT2D eigenvalue weighted by Gasteiger charge is -2.06. The number of hydrogen-bond acceptors (Lipinski definition) is 4. The van der Waals surface area contributed by atoms with E-state index in [9.17, 15) is 21.2 Å². The summed E-state index contributed by atoms with van der Waals surface area (Å²) in [6, 6.07) is 5.98. The fourth-order valence-electron chi connectivity index (χ4n) is 2.38. The average molecular weight is 349 g/mol. The minimum atomic E-state index is -3.43. The third-order valence-corrected chi connectivity index (χ3v) is 6.09. The van der Waals surface area contributed by atoms with Crippen molar-refractivity contribution in [3.63, 3.8) is 0 Å². The second kappa shape index (κ2) is 6.64. The molecule has 2 unspecified atom stereocenters. The maximum atomic E-state index is 13.1. The highest BCUT2D eigenvalue weighted by Gasteiger charge is 2.40. The summed E-state index contributed by atoms with van der Waals surface area (Å²) in [4.78, 5) is 0. The zero-order valence-corrected chi connectivity index (χ0v) is 14.0. The van der Waals surface area contributed by atoms with Gasteiger partial charge < -0.3 is 0 Å². The van der Waals surface area contributed by atoms with Crippen molar-refractivity contribution in [2.24, 2.45) is 0 Å². The Balaban J connectivity index is 1.79. The molecule has 2 rings (SSSR count). The number of halogens is 1. The van der Waals surface area contributed by atoms with Gasteiger partial charge in [-0.2, -0.15) is 0 Å². The molecule has 124 valence electrons. The number of rotatable bonds is 8. The first-order valence-electron chi connectivity index (χ1n) is 7.09. The summed E-state index contributed by atoms with van der Waals surface area (Å²) in [5.41, 5.74) is 0.796. The van der Waals surface area contributed by atoms with Gasteiger partial charge in [0.15, 0.2) is 0 Å². The molecular formula is C14H20FNO4S2. The molecule has 0 spiro atoms. The van der Waals surface area contributed by atoms with Crippen molar-refractivity contribution < 1.29 is 21.2 Å². The van der Waals surface area contributed by atoms with E-state index in [0.717, 1.165) is 11.8 Å². The molecule has 0 aromatic heterocycles. The van der Waals surface area contributed by atoms with Crippen LogP contribution in [0.25, 0.3) is 0 Å². The molecule has 0 aliphatic heterocycles. The Morgan fingerprint density at radius 3 is 2.50 bits per heavy atom. The third-order valence-electron chi connectivity index (χ3n) is 3.58. The molecule has 8 heteroatoms. The van der Waals surface area contributed by atoms with E-state index >= 15 is 0 Å². The SMILES string of the molecule is CS(=O)(=O)CCCCS(=O)(=O)NC1CC1c1cccc(F)c1. The molecule has 1 saturated carbocycles. The Kier molecular flexibility index (Phi) is 5.24. The first-order valence-corrected chi connectivity index (χ1v) is 10.8. The normalized spacial score (nSPS) is 21.7. The van der Waals surface area contributed by atoms with E-state index in [4.69, 9.17) is 0 Å². The van der Waals surface area contributed by atoms with Crippen LogP contribution in [0.2, 0.25) is 0 Å². The van der Waals surface area contributed by atoms with E-state index < -0.39 is 19.9 Å². The molecular weight excluding hydrogens is 329 g/mol. The standard InChI is InChI=1S/C14H20FNO4S2/c1-21(17,18)7-2-3-8-22(19,20)16-14-10-13(14)11-5-4-6-12(15)9-11/h4-6,9,13-14,16H,2-3,7-8,10H2,1H3. The van der Waals surface area contributed by atoms with Gasteiger partial charge in [-0.3, -0.25) is 0 Å². The second-order valence-electron chi connectivity index (χ2n) is 5.78. The van der Waals surface area contributed by atoms with Crippen molar-refractivity contribution >= 4 is 19.9 Å². The van der Waals surface area contributed by atoms with E-state index in [2.05, 4.69) is 4.72 Å². The highest BCUT2D eigenvalue weighted by atomic mass is 32.2. The van der Waals surface area contributed by atoms with Crippen LogP contribution in [0.3, 0.4) is 0 Å². The van der Waals surface area contributed by atoms with Gasteiger partial charge in [0.2, 0.25) is 10.0 Å². The van der Waals surface area contributed by atoms with Crippen molar-refractivity contribution in [2.45, 2.75) is 31.2 Å². The van der Waals surface area contributed by atoms with Crippen molar-refractivity contribution in [3.8, 4) is 0 Å². The summed E-state index contributed by atoms with van der Waals surface area (Å²) in [5, 5.41) is 0. The number of nitrogens with one attached hydrogen (secondary N) is 1. The summed E-state index contributed by atoms with van der Waals surface area (Å²) in [5.74, 6) is -0.402. The van der Waals surface area contributed by atoms with Crippen LogP contribution in [0.1, 0.15) is 30.7 Å². The fraction of sp³-hybridized carbons (Fsp3) is 0.571. The van der Waals surface area contributed by atoms with E-state index in [0.29, 0.717) is 19.3 Å². The second-order valence-corrected chi connectivity index (χ2v) is 9.91. The monoisotopic (exact) mass is 349 g/mol. The lowest BCUT2D eigenvalue weighted by Crippen LogP contribution is -2.29. The molecule has 0 radical (unpaired) electrons. The molecule has 1 aliphatic carbocycles. The van der Waals surface area contributed by atoms with E-state index in [1.54, 1.807) is 12.1 Å². The Morgan fingerprint density at radius 2 is 1.86 bits per heavy atom. The summed E-state index contributed by atoms with van der Waals surface area (Å²) in [6.45, 7) is 0. The van der Waals surface area contributed by atoms with Gasteiger partial charge >= 0.3 is 0 Å². The van der Waals surface area contributed by atoms with E-state index in [1.807, 2.05) is 0 Å². The summed E-state index contributed by atoms with van der Waals surface area (Å²) < 4.78 is 61.5. The minimum Gasteiger partial charge on any atom is -0.229 e. The first kappa shape index (κ1) is 17.4. The first-order chi connectivity index (χ1) is 10.2. The van der Waals surface area contributed by atoms with Crippen molar-refractivity contribution in [1.82, 2.24) is 4.72 Å². The quantitative estimate of drug-likeness (QED) is 0.720. The van der Waals surface area contributed by atoms with E-state index in [-0.39, 0.29) is 29.3 Å². The Labute approximate surface area is 130 Å². The van der Waals surface area contributed by atoms with E-state index in [1.165, 1.54) is 12.1 Å². The van der Waals surface area contributed by atoms with Crippen LogP contribution in [0, 0.1) is 5.82 Å². The van der Waals surface area contributed by atoms with Gasteiger partial charge in [-0.05, 0) is 37.0 Å². The van der Waals surface area contributed by atoms with Gasteiger partial charge in [0.1, 0.15) is 15.7 Å². The minimum absolute atomic E-state index is 0.00212. The molecule has 2 atom stereocenters. The zero-order valence-electron chi connectivity index (χ0n) is 12.3. The number of sulfonamides is 1. The third kappa shape index (κ3) is 5.66. The summed E-state index contributed by atoms with van der Waals surface area (Å²) in [6.07, 6.45) is 2.43. The van der Waals surface area contributed by atoms with Crippen molar-refractivity contribution in [1.29, 1.82) is 0 Å². The fourth-order valence-corrected chi connectivity index (χ4v) is 4.53. The van der Waals surface area contributed by atoms with Crippen LogP contribution in [0.4, 0.5) is 4.39 Å². The lowest BCUT2D eigenvalue weighted by molar-refractivity contribution is 0.574. The van der Waals surface area contributed by atoms with Gasteiger partial charge in [0.05, 0.1) is 5.75 Å². The molecule has 1 N–H and O–H groups in total. The van der Waals surface area contributed by atoms with Crippen LogP contribution in [0.5, 0.6) is 0 Å². The van der Waals surface area contributed by atoms with Gasteiger partial charge in [-0.15, -0.1) is 0 Å². The molecule has 1 aromatic carbocycles. The summed E-state index contributed by atoms with van der Waals surface area (Å²) in [7, 11) is -6.48. The van der Waals surface area contributed by atoms with Crippen LogP contribution >= 0.6 is 0 Å². The van der Waals surface area contributed by atoms with Gasteiger partial charge in [0.25, 0.3) is 0 Å². The lowest BCUT2D eigenvalue weighted by atomic mass is 10.1.